The highest BCUT2D eigenvalue weighted by atomic mass is 16.8. The zero-order valence-electron chi connectivity index (χ0n) is 15.7. The molecule has 1 aromatic heterocycles. The summed E-state index contributed by atoms with van der Waals surface area (Å²) in [5.41, 5.74) is 0. The molecule has 3 rings (SSSR count). The first-order valence-electron chi connectivity index (χ1n) is 8.50. The monoisotopic (exact) mass is 410 g/mol. The maximum absolute atomic E-state index is 12.9. The number of fused-ring (bicyclic) bond motifs is 1. The first-order valence-corrected chi connectivity index (χ1v) is 8.50. The molecule has 2 aliphatic heterocycles. The number of hydroxylamine groups is 1. The zero-order valence-corrected chi connectivity index (χ0v) is 15.7. The van der Waals surface area contributed by atoms with Gasteiger partial charge in [-0.15, -0.1) is 0 Å². The first-order chi connectivity index (χ1) is 13.6. The fraction of sp³-hybridized carbons (Fsp3) is 0.471. The van der Waals surface area contributed by atoms with E-state index in [0.29, 0.717) is 0 Å². The molecule has 0 aromatic carbocycles. The second-order valence-corrected chi connectivity index (χ2v) is 6.32. The second kappa shape index (κ2) is 7.64. The highest BCUT2D eigenvalue weighted by Gasteiger charge is 2.61. The maximum Gasteiger partial charge on any atom is 0.325 e. The van der Waals surface area contributed by atoms with Crippen LogP contribution in [0.5, 0.6) is 5.75 Å². The molecular formula is C17H18N2O10. The smallest absolute Gasteiger partial charge is 0.325 e. The fourth-order valence-electron chi connectivity index (χ4n) is 3.06. The molecular weight excluding hydrogens is 392 g/mol. The summed E-state index contributed by atoms with van der Waals surface area (Å²) in [5.74, 6) is -5.86. The van der Waals surface area contributed by atoms with E-state index in [-0.39, 0.29) is 16.6 Å². The van der Waals surface area contributed by atoms with Crippen molar-refractivity contribution in [1.29, 1.82) is 0 Å². The summed E-state index contributed by atoms with van der Waals surface area (Å²) < 4.78 is 26.6. The third-order valence-electron chi connectivity index (χ3n) is 4.06. The van der Waals surface area contributed by atoms with Gasteiger partial charge in [0.2, 0.25) is 18.2 Å². The van der Waals surface area contributed by atoms with Crippen LogP contribution in [0.2, 0.25) is 0 Å². The zero-order chi connectivity index (χ0) is 21.3. The molecule has 1 saturated heterocycles. The predicted octanol–water partition coefficient (Wildman–Crippen LogP) is 0.0654. The topological polar surface area (TPSA) is 151 Å². The van der Waals surface area contributed by atoms with Gasteiger partial charge in [-0.25, -0.2) is 4.98 Å². The molecule has 12 heteroatoms. The van der Waals surface area contributed by atoms with Crippen molar-refractivity contribution in [2.24, 2.45) is 0 Å². The Labute approximate surface area is 164 Å². The van der Waals surface area contributed by atoms with Crippen molar-refractivity contribution in [2.75, 3.05) is 5.06 Å². The SMILES string of the molecule is CC(=O)O[C@@H]1O[C@@]2(C[C@@H](OC(C)=O)[C@H]1OC(C)=O)Oc1cccnc1N(O)C2=O. The number of carbonyl (C=O) groups is 4. The van der Waals surface area contributed by atoms with Crippen molar-refractivity contribution in [3.05, 3.63) is 18.3 Å². The van der Waals surface area contributed by atoms with Gasteiger partial charge in [0.1, 0.15) is 0 Å². The highest BCUT2D eigenvalue weighted by molar-refractivity contribution is 5.99. The molecule has 0 aliphatic carbocycles. The van der Waals surface area contributed by atoms with E-state index >= 15 is 0 Å². The van der Waals surface area contributed by atoms with Crippen LogP contribution in [0.25, 0.3) is 0 Å². The lowest BCUT2D eigenvalue weighted by Crippen LogP contribution is -2.67. The Bertz CT molecular complexity index is 830. The Morgan fingerprint density at radius 3 is 2.45 bits per heavy atom. The lowest BCUT2D eigenvalue weighted by molar-refractivity contribution is -0.329. The number of pyridine rings is 1. The largest absolute Gasteiger partial charge is 0.458 e. The summed E-state index contributed by atoms with van der Waals surface area (Å²) in [6, 6.07) is 2.91. The highest BCUT2D eigenvalue weighted by Crippen LogP contribution is 2.42. The molecule has 0 bridgehead atoms. The molecule has 2 aliphatic rings. The molecule has 0 radical (unpaired) electrons. The summed E-state index contributed by atoms with van der Waals surface area (Å²) in [6.07, 6.45) is -3.45. The molecule has 3 heterocycles. The number of amides is 1. The number of ether oxygens (including phenoxy) is 5. The Balaban J connectivity index is 2.03. The Hall–Kier alpha value is -3.25. The summed E-state index contributed by atoms with van der Waals surface area (Å²) in [4.78, 5) is 51.3. The van der Waals surface area contributed by atoms with Crippen LogP contribution in [-0.4, -0.2) is 58.3 Å². The quantitative estimate of drug-likeness (QED) is 0.409. The molecule has 29 heavy (non-hydrogen) atoms. The van der Waals surface area contributed by atoms with Crippen molar-refractivity contribution in [2.45, 2.75) is 51.5 Å². The van der Waals surface area contributed by atoms with Crippen LogP contribution in [0.4, 0.5) is 5.82 Å². The summed E-state index contributed by atoms with van der Waals surface area (Å²) in [7, 11) is 0. The van der Waals surface area contributed by atoms with Gasteiger partial charge in [0, 0.05) is 27.0 Å². The lowest BCUT2D eigenvalue weighted by atomic mass is 9.96. The lowest BCUT2D eigenvalue weighted by Gasteiger charge is -2.47. The van der Waals surface area contributed by atoms with Gasteiger partial charge in [0.05, 0.1) is 6.42 Å². The van der Waals surface area contributed by atoms with E-state index in [4.69, 9.17) is 23.7 Å². The van der Waals surface area contributed by atoms with Gasteiger partial charge in [0.25, 0.3) is 0 Å². The number of anilines is 1. The van der Waals surface area contributed by atoms with E-state index in [1.807, 2.05) is 0 Å². The molecule has 1 N–H and O–H groups in total. The van der Waals surface area contributed by atoms with Crippen LogP contribution in [-0.2, 0) is 38.1 Å². The second-order valence-electron chi connectivity index (χ2n) is 6.32. The molecule has 4 atom stereocenters. The summed E-state index contributed by atoms with van der Waals surface area (Å²) >= 11 is 0. The normalized spacial score (nSPS) is 28.2. The third-order valence-corrected chi connectivity index (χ3v) is 4.06. The molecule has 1 aromatic rings. The van der Waals surface area contributed by atoms with Crippen molar-refractivity contribution in [3.63, 3.8) is 0 Å². The fourth-order valence-corrected chi connectivity index (χ4v) is 3.06. The number of aromatic nitrogens is 1. The molecule has 1 spiro atoms. The van der Waals surface area contributed by atoms with E-state index in [0.717, 1.165) is 20.8 Å². The molecule has 12 nitrogen and oxygen atoms in total. The number of rotatable bonds is 3. The van der Waals surface area contributed by atoms with Crippen molar-refractivity contribution in [3.8, 4) is 5.75 Å². The van der Waals surface area contributed by atoms with Gasteiger partial charge in [-0.2, -0.15) is 5.06 Å². The predicted molar refractivity (Wildman–Crippen MR) is 89.2 cm³/mol. The summed E-state index contributed by atoms with van der Waals surface area (Å²) in [6.45, 7) is 3.27. The number of nitrogens with zero attached hydrogens (tertiary/aromatic N) is 2. The molecule has 0 unspecified atom stereocenters. The summed E-state index contributed by atoms with van der Waals surface area (Å²) in [5, 5.41) is 10.5. The van der Waals surface area contributed by atoms with Crippen molar-refractivity contribution in [1.82, 2.24) is 4.98 Å². The molecule has 156 valence electrons. The Morgan fingerprint density at radius 1 is 1.17 bits per heavy atom. The number of hydrogen-bond donors (Lipinski definition) is 1. The van der Waals surface area contributed by atoms with E-state index in [1.165, 1.54) is 18.3 Å². The van der Waals surface area contributed by atoms with Gasteiger partial charge in [-0.1, -0.05) is 0 Å². The average Bonchev–Trinajstić information content (AvgIpc) is 2.62. The number of hydrogen-bond acceptors (Lipinski definition) is 11. The van der Waals surface area contributed by atoms with Crippen molar-refractivity contribution >= 4 is 29.6 Å². The minimum atomic E-state index is -2.23. The van der Waals surface area contributed by atoms with Gasteiger partial charge in [-0.05, 0) is 12.1 Å². The molecule has 1 amide bonds. The van der Waals surface area contributed by atoms with Crippen LogP contribution in [0, 0.1) is 0 Å². The molecule has 0 saturated carbocycles. The molecule has 1 fully saturated rings. The van der Waals surface area contributed by atoms with Crippen molar-refractivity contribution < 1.29 is 48.1 Å². The van der Waals surface area contributed by atoms with Crippen LogP contribution >= 0.6 is 0 Å². The van der Waals surface area contributed by atoms with Crippen LogP contribution in [0.1, 0.15) is 27.2 Å². The minimum Gasteiger partial charge on any atom is -0.458 e. The third kappa shape index (κ3) is 3.98. The van der Waals surface area contributed by atoms with Gasteiger partial charge < -0.3 is 18.9 Å². The van der Waals surface area contributed by atoms with Gasteiger partial charge in [-0.3, -0.25) is 29.1 Å². The van der Waals surface area contributed by atoms with E-state index in [9.17, 15) is 24.4 Å². The Morgan fingerprint density at radius 2 is 1.83 bits per heavy atom. The van der Waals surface area contributed by atoms with E-state index < -0.39 is 54.5 Å². The van der Waals surface area contributed by atoms with Crippen LogP contribution in [0.15, 0.2) is 18.3 Å². The first kappa shape index (κ1) is 20.5. The van der Waals surface area contributed by atoms with Gasteiger partial charge >= 0.3 is 29.6 Å². The standard InChI is InChI=1S/C17H18N2O10/c1-8(20)25-12-7-17(29-15(27-10(3)22)13(12)26-9(2)21)16(23)19(24)14-11(28-17)5-4-6-18-14/h4-6,12-13,15,24H,7H2,1-3H3/t12-,13-,15-,17-/m1/s1. The van der Waals surface area contributed by atoms with E-state index in [2.05, 4.69) is 4.98 Å². The van der Waals surface area contributed by atoms with Crippen LogP contribution in [0.3, 0.4) is 0 Å². The number of carbonyl (C=O) groups excluding carboxylic acids is 4. The van der Waals surface area contributed by atoms with E-state index in [1.54, 1.807) is 0 Å². The average molecular weight is 410 g/mol. The van der Waals surface area contributed by atoms with Gasteiger partial charge in [0.15, 0.2) is 11.9 Å². The Kier molecular flexibility index (Phi) is 5.40. The minimum absolute atomic E-state index is 0.0105. The maximum atomic E-state index is 12.9. The van der Waals surface area contributed by atoms with Crippen LogP contribution < -0.4 is 9.80 Å². The number of esters is 3.